The van der Waals surface area contributed by atoms with Crippen molar-refractivity contribution in [2.24, 2.45) is 5.73 Å². The van der Waals surface area contributed by atoms with E-state index >= 15 is 0 Å². The zero-order chi connectivity index (χ0) is 15.0. The van der Waals surface area contributed by atoms with Crippen LogP contribution < -0.4 is 5.73 Å². The van der Waals surface area contributed by atoms with E-state index in [1.807, 2.05) is 0 Å². The number of nitrogens with two attached hydrogens (primary N) is 1. The fourth-order valence-electron chi connectivity index (χ4n) is 2.09. The van der Waals surface area contributed by atoms with Gasteiger partial charge in [0.05, 0.1) is 11.3 Å². The summed E-state index contributed by atoms with van der Waals surface area (Å²) in [4.78, 5) is 8.53. The third-order valence-corrected chi connectivity index (χ3v) is 3.12. The van der Waals surface area contributed by atoms with Crippen molar-refractivity contribution in [3.63, 3.8) is 0 Å². The van der Waals surface area contributed by atoms with E-state index in [0.717, 1.165) is 12.1 Å². The van der Waals surface area contributed by atoms with Crippen LogP contribution in [0.3, 0.4) is 0 Å². The summed E-state index contributed by atoms with van der Waals surface area (Å²) in [6, 6.07) is 6.60. The second-order valence-electron chi connectivity index (χ2n) is 4.51. The monoisotopic (exact) mass is 292 g/mol. The summed E-state index contributed by atoms with van der Waals surface area (Å²) in [6.45, 7) is 0.233. The standard InChI is InChI=1S/C14H11F3N4/c15-14(16,17)10-3-1-9(2-4-10)13-20-11(8-18)7-12-19-5-6-21(12)13/h1-7H,8,18H2. The Labute approximate surface area is 118 Å². The maximum atomic E-state index is 12.6. The van der Waals surface area contributed by atoms with Crippen LogP contribution >= 0.6 is 0 Å². The number of hydrogen-bond donors (Lipinski definition) is 1. The molecule has 0 bridgehead atoms. The van der Waals surface area contributed by atoms with Crippen LogP contribution in [0, 0.1) is 0 Å². The van der Waals surface area contributed by atoms with E-state index in [4.69, 9.17) is 5.73 Å². The lowest BCUT2D eigenvalue weighted by atomic mass is 10.1. The Hall–Kier alpha value is -2.41. The van der Waals surface area contributed by atoms with Gasteiger partial charge < -0.3 is 5.73 Å². The van der Waals surface area contributed by atoms with E-state index in [2.05, 4.69) is 9.97 Å². The second kappa shape index (κ2) is 4.85. The molecule has 3 aromatic rings. The van der Waals surface area contributed by atoms with Gasteiger partial charge in [-0.05, 0) is 12.1 Å². The first kappa shape index (κ1) is 13.6. The molecule has 3 rings (SSSR count). The molecule has 0 aliphatic carbocycles. The number of rotatable bonds is 2. The summed E-state index contributed by atoms with van der Waals surface area (Å²) in [5, 5.41) is 0. The van der Waals surface area contributed by atoms with Crippen LogP contribution in [-0.2, 0) is 12.7 Å². The van der Waals surface area contributed by atoms with Gasteiger partial charge in [0.2, 0.25) is 0 Å². The molecule has 2 heterocycles. The summed E-state index contributed by atoms with van der Waals surface area (Å²) in [6.07, 6.45) is -1.05. The highest BCUT2D eigenvalue weighted by Crippen LogP contribution is 2.30. The van der Waals surface area contributed by atoms with E-state index < -0.39 is 11.7 Å². The lowest BCUT2D eigenvalue weighted by Gasteiger charge is -2.10. The van der Waals surface area contributed by atoms with E-state index in [9.17, 15) is 13.2 Å². The number of hydrogen-bond acceptors (Lipinski definition) is 3. The average molecular weight is 292 g/mol. The summed E-state index contributed by atoms with van der Waals surface area (Å²) < 4.78 is 39.5. The van der Waals surface area contributed by atoms with Crippen LogP contribution in [0.5, 0.6) is 0 Å². The lowest BCUT2D eigenvalue weighted by molar-refractivity contribution is -0.137. The molecule has 7 heteroatoms. The Morgan fingerprint density at radius 2 is 1.86 bits per heavy atom. The van der Waals surface area contributed by atoms with Crippen molar-refractivity contribution in [2.45, 2.75) is 12.7 Å². The van der Waals surface area contributed by atoms with Gasteiger partial charge in [-0.2, -0.15) is 13.2 Å². The van der Waals surface area contributed by atoms with Gasteiger partial charge in [0, 0.05) is 30.6 Å². The lowest BCUT2D eigenvalue weighted by Crippen LogP contribution is -2.06. The molecule has 0 radical (unpaired) electrons. The molecule has 0 spiro atoms. The normalized spacial score (nSPS) is 12.0. The second-order valence-corrected chi connectivity index (χ2v) is 4.51. The molecule has 0 saturated heterocycles. The van der Waals surface area contributed by atoms with Gasteiger partial charge in [0.1, 0.15) is 11.5 Å². The Kier molecular flexibility index (Phi) is 3.13. The smallest absolute Gasteiger partial charge is 0.325 e. The first-order chi connectivity index (χ1) is 9.99. The fourth-order valence-corrected chi connectivity index (χ4v) is 2.09. The molecule has 0 saturated carbocycles. The van der Waals surface area contributed by atoms with Crippen molar-refractivity contribution in [1.82, 2.24) is 14.4 Å². The zero-order valence-corrected chi connectivity index (χ0v) is 10.8. The summed E-state index contributed by atoms with van der Waals surface area (Å²) in [5.74, 6) is 0.513. The predicted molar refractivity (Wildman–Crippen MR) is 71.3 cm³/mol. The van der Waals surface area contributed by atoms with Crippen LogP contribution in [0.15, 0.2) is 42.7 Å². The molecule has 0 fully saturated rings. The minimum Gasteiger partial charge on any atom is -0.325 e. The largest absolute Gasteiger partial charge is 0.416 e. The van der Waals surface area contributed by atoms with E-state index in [1.165, 1.54) is 12.1 Å². The van der Waals surface area contributed by atoms with Crippen molar-refractivity contribution in [1.29, 1.82) is 0 Å². The Morgan fingerprint density at radius 3 is 2.48 bits per heavy atom. The summed E-state index contributed by atoms with van der Waals surface area (Å²) in [7, 11) is 0. The number of halogens is 3. The van der Waals surface area contributed by atoms with Crippen molar-refractivity contribution >= 4 is 5.65 Å². The molecule has 2 N–H and O–H groups in total. The first-order valence-corrected chi connectivity index (χ1v) is 6.20. The maximum absolute atomic E-state index is 12.6. The number of imidazole rings is 1. The molecular weight excluding hydrogens is 281 g/mol. The Bertz CT molecular complexity index is 775. The molecule has 4 nitrogen and oxygen atoms in total. The van der Waals surface area contributed by atoms with Crippen molar-refractivity contribution < 1.29 is 13.2 Å². The number of fused-ring (bicyclic) bond motifs is 1. The molecule has 21 heavy (non-hydrogen) atoms. The average Bonchev–Trinajstić information content (AvgIpc) is 2.93. The number of alkyl halides is 3. The Balaban J connectivity index is 2.13. The molecule has 0 amide bonds. The van der Waals surface area contributed by atoms with Gasteiger partial charge in [0.15, 0.2) is 0 Å². The third-order valence-electron chi connectivity index (χ3n) is 3.12. The molecule has 0 aliphatic heterocycles. The van der Waals surface area contributed by atoms with Crippen LogP contribution in [0.2, 0.25) is 0 Å². The highest BCUT2D eigenvalue weighted by molar-refractivity contribution is 5.60. The van der Waals surface area contributed by atoms with Crippen LogP contribution in [0.4, 0.5) is 13.2 Å². The Morgan fingerprint density at radius 1 is 1.14 bits per heavy atom. The highest BCUT2D eigenvalue weighted by Gasteiger charge is 2.30. The number of benzene rings is 1. The number of nitrogens with zero attached hydrogens (tertiary/aromatic N) is 3. The van der Waals surface area contributed by atoms with Crippen molar-refractivity contribution in [3.8, 4) is 11.4 Å². The van der Waals surface area contributed by atoms with Crippen LogP contribution in [0.25, 0.3) is 17.0 Å². The maximum Gasteiger partial charge on any atom is 0.416 e. The van der Waals surface area contributed by atoms with Gasteiger partial charge >= 0.3 is 6.18 Å². The SMILES string of the molecule is NCc1cc2nccn2c(-c2ccc(C(F)(F)F)cc2)n1. The van der Waals surface area contributed by atoms with Crippen LogP contribution in [-0.4, -0.2) is 14.4 Å². The number of aromatic nitrogens is 3. The molecule has 0 aliphatic rings. The fraction of sp³-hybridized carbons (Fsp3) is 0.143. The minimum atomic E-state index is -4.35. The first-order valence-electron chi connectivity index (χ1n) is 6.20. The third kappa shape index (κ3) is 2.47. The van der Waals surface area contributed by atoms with Gasteiger partial charge in [-0.3, -0.25) is 4.40 Å². The van der Waals surface area contributed by atoms with Gasteiger partial charge in [-0.15, -0.1) is 0 Å². The molecule has 108 valence electrons. The molecular formula is C14H11F3N4. The van der Waals surface area contributed by atoms with Gasteiger partial charge in [0.25, 0.3) is 0 Å². The molecule has 0 atom stereocenters. The molecule has 1 aromatic carbocycles. The molecule has 2 aromatic heterocycles. The minimum absolute atomic E-state index is 0.233. The van der Waals surface area contributed by atoms with Crippen LogP contribution in [0.1, 0.15) is 11.3 Å². The van der Waals surface area contributed by atoms with Crippen molar-refractivity contribution in [2.75, 3.05) is 0 Å². The van der Waals surface area contributed by atoms with E-state index in [0.29, 0.717) is 22.7 Å². The highest BCUT2D eigenvalue weighted by atomic mass is 19.4. The predicted octanol–water partition coefficient (Wildman–Crippen LogP) is 2.87. The van der Waals surface area contributed by atoms with Crippen molar-refractivity contribution in [3.05, 3.63) is 54.0 Å². The van der Waals surface area contributed by atoms with Gasteiger partial charge in [-0.25, -0.2) is 9.97 Å². The summed E-state index contributed by atoms with van der Waals surface area (Å²) in [5.41, 5.74) is 6.75. The molecule has 0 unspecified atom stereocenters. The topological polar surface area (TPSA) is 56.2 Å². The summed E-state index contributed by atoms with van der Waals surface area (Å²) >= 11 is 0. The van der Waals surface area contributed by atoms with E-state index in [-0.39, 0.29) is 6.54 Å². The quantitative estimate of drug-likeness (QED) is 0.790. The van der Waals surface area contributed by atoms with Gasteiger partial charge in [-0.1, -0.05) is 12.1 Å². The van der Waals surface area contributed by atoms with E-state index in [1.54, 1.807) is 22.9 Å². The zero-order valence-electron chi connectivity index (χ0n) is 10.8.